The molecule has 1 atom stereocenters. The molecule has 1 unspecified atom stereocenters. The number of anilines is 2. The van der Waals surface area contributed by atoms with Crippen LogP contribution in [-0.4, -0.2) is 49.2 Å². The third kappa shape index (κ3) is 5.16. The van der Waals surface area contributed by atoms with E-state index in [9.17, 15) is 13.2 Å². The molecule has 3 rings (SSSR count). The fourth-order valence-electron chi connectivity index (χ4n) is 2.94. The zero-order valence-electron chi connectivity index (χ0n) is 15.1. The molecule has 1 fully saturated rings. The molecule has 2 N–H and O–H groups in total. The molecule has 1 aromatic carbocycles. The lowest BCUT2D eigenvalue weighted by molar-refractivity contribution is 0.0933. The Kier molecular flexibility index (Phi) is 5.90. The minimum atomic E-state index is -3.33. The van der Waals surface area contributed by atoms with Crippen LogP contribution in [0.4, 0.5) is 11.6 Å². The molecule has 0 radical (unpaired) electrons. The molecule has 0 saturated carbocycles. The summed E-state index contributed by atoms with van der Waals surface area (Å²) in [5, 5.41) is 3.04. The Morgan fingerprint density at radius 3 is 2.59 bits per heavy atom. The number of hydrogen-bond acceptors (Lipinski definition) is 6. The second-order valence-electron chi connectivity index (χ2n) is 6.39. The first-order valence-electron chi connectivity index (χ1n) is 8.90. The van der Waals surface area contributed by atoms with Crippen LogP contribution in [0.5, 0.6) is 0 Å². The summed E-state index contributed by atoms with van der Waals surface area (Å²) in [6.07, 6.45) is 5.25. The van der Waals surface area contributed by atoms with Crippen LogP contribution in [0.15, 0.2) is 42.7 Å². The first-order chi connectivity index (χ1) is 13.0. The summed E-state index contributed by atoms with van der Waals surface area (Å²) in [4.78, 5) is 23.1. The number of hydrogen-bond donors (Lipinski definition) is 2. The maximum atomic E-state index is 12.5. The van der Waals surface area contributed by atoms with E-state index in [4.69, 9.17) is 0 Å². The number of amides is 1. The van der Waals surface area contributed by atoms with Crippen molar-refractivity contribution in [1.29, 1.82) is 0 Å². The van der Waals surface area contributed by atoms with E-state index in [2.05, 4.69) is 24.9 Å². The van der Waals surface area contributed by atoms with Gasteiger partial charge in [-0.05, 0) is 50.1 Å². The molecule has 1 aromatic heterocycles. The van der Waals surface area contributed by atoms with Crippen molar-refractivity contribution < 1.29 is 13.2 Å². The van der Waals surface area contributed by atoms with E-state index in [1.165, 1.54) is 0 Å². The van der Waals surface area contributed by atoms with Gasteiger partial charge in [-0.15, -0.1) is 0 Å². The number of rotatable bonds is 6. The zero-order chi connectivity index (χ0) is 19.3. The van der Waals surface area contributed by atoms with Crippen LogP contribution in [0, 0.1) is 0 Å². The number of aromatic nitrogens is 2. The van der Waals surface area contributed by atoms with E-state index in [1.54, 1.807) is 49.6 Å². The molecular weight excluding hydrogens is 366 g/mol. The van der Waals surface area contributed by atoms with Crippen molar-refractivity contribution in [1.82, 2.24) is 15.3 Å². The molecule has 1 aliphatic rings. The molecular formula is C18H23N5O3S. The topological polar surface area (TPSA) is 104 Å². The van der Waals surface area contributed by atoms with Gasteiger partial charge in [0.15, 0.2) is 0 Å². The largest absolute Gasteiger partial charge is 0.348 e. The minimum Gasteiger partial charge on any atom is -0.348 e. The molecule has 1 aliphatic heterocycles. The monoisotopic (exact) mass is 389 g/mol. The Morgan fingerprint density at radius 1 is 1.22 bits per heavy atom. The Morgan fingerprint density at radius 2 is 1.93 bits per heavy atom. The van der Waals surface area contributed by atoms with Crippen molar-refractivity contribution in [3.05, 3.63) is 48.3 Å². The van der Waals surface area contributed by atoms with Crippen molar-refractivity contribution in [2.75, 3.05) is 28.5 Å². The number of sulfonamides is 1. The lowest BCUT2D eigenvalue weighted by Crippen LogP contribution is -2.48. The lowest BCUT2D eigenvalue weighted by atomic mass is 10.1. The van der Waals surface area contributed by atoms with Crippen LogP contribution in [0.1, 0.15) is 30.1 Å². The maximum absolute atomic E-state index is 12.5. The smallest absolute Gasteiger partial charge is 0.251 e. The average molecular weight is 389 g/mol. The van der Waals surface area contributed by atoms with Gasteiger partial charge < -0.3 is 10.2 Å². The van der Waals surface area contributed by atoms with E-state index in [-0.39, 0.29) is 17.7 Å². The van der Waals surface area contributed by atoms with Crippen molar-refractivity contribution in [2.24, 2.45) is 0 Å². The van der Waals surface area contributed by atoms with Gasteiger partial charge in [-0.1, -0.05) is 0 Å². The van der Waals surface area contributed by atoms with Gasteiger partial charge in [0.05, 0.1) is 5.75 Å². The van der Waals surface area contributed by atoms with Gasteiger partial charge in [0.1, 0.15) is 0 Å². The Bertz CT molecular complexity index is 872. The van der Waals surface area contributed by atoms with Crippen LogP contribution < -0.4 is 14.9 Å². The number of carbonyl (C=O) groups excluding carboxylic acids is 1. The van der Waals surface area contributed by atoms with E-state index < -0.39 is 10.0 Å². The molecule has 144 valence electrons. The summed E-state index contributed by atoms with van der Waals surface area (Å²) in [5.74, 6) is 0.489. The van der Waals surface area contributed by atoms with E-state index in [0.717, 1.165) is 19.4 Å². The molecule has 1 saturated heterocycles. The summed E-state index contributed by atoms with van der Waals surface area (Å²) < 4.78 is 25.6. The van der Waals surface area contributed by atoms with Gasteiger partial charge >= 0.3 is 0 Å². The van der Waals surface area contributed by atoms with Gasteiger partial charge in [0.2, 0.25) is 16.0 Å². The van der Waals surface area contributed by atoms with Crippen molar-refractivity contribution in [3.8, 4) is 0 Å². The zero-order valence-corrected chi connectivity index (χ0v) is 15.9. The highest BCUT2D eigenvalue weighted by Crippen LogP contribution is 2.16. The van der Waals surface area contributed by atoms with E-state index >= 15 is 0 Å². The van der Waals surface area contributed by atoms with Gasteiger partial charge in [0, 0.05) is 42.8 Å². The minimum absolute atomic E-state index is 0.00144. The maximum Gasteiger partial charge on any atom is 0.251 e. The van der Waals surface area contributed by atoms with Crippen LogP contribution in [-0.2, 0) is 10.0 Å². The lowest BCUT2D eigenvalue weighted by Gasteiger charge is -2.33. The van der Waals surface area contributed by atoms with Crippen LogP contribution in [0.25, 0.3) is 0 Å². The summed E-state index contributed by atoms with van der Waals surface area (Å²) in [6, 6.07) is 8.19. The molecule has 8 nitrogen and oxygen atoms in total. The molecule has 2 aromatic rings. The summed E-state index contributed by atoms with van der Waals surface area (Å²) in [6.45, 7) is 3.09. The highest BCUT2D eigenvalue weighted by atomic mass is 32.2. The number of piperidine rings is 1. The Hall–Kier alpha value is -2.68. The van der Waals surface area contributed by atoms with Crippen molar-refractivity contribution in [3.63, 3.8) is 0 Å². The normalized spacial score (nSPS) is 17.4. The molecule has 9 heteroatoms. The number of benzene rings is 1. The van der Waals surface area contributed by atoms with Gasteiger partial charge in [-0.2, -0.15) is 0 Å². The molecule has 0 aliphatic carbocycles. The summed E-state index contributed by atoms with van der Waals surface area (Å²) in [7, 11) is -3.33. The van der Waals surface area contributed by atoms with E-state index in [1.807, 2.05) is 0 Å². The highest BCUT2D eigenvalue weighted by molar-refractivity contribution is 7.92. The standard InChI is InChI=1S/C18H23N5O3S/c1-2-27(25,26)22-15-8-6-14(7-9-15)17(24)21-16-5-3-12-23(13-16)18-19-10-4-11-20-18/h4,6-11,16,22H,2-3,5,12-13H2,1H3,(H,21,24). The van der Waals surface area contributed by atoms with Crippen LogP contribution >= 0.6 is 0 Å². The fraction of sp³-hybridized carbons (Fsp3) is 0.389. The Labute approximate surface area is 159 Å². The van der Waals surface area contributed by atoms with Crippen molar-refractivity contribution in [2.45, 2.75) is 25.8 Å². The van der Waals surface area contributed by atoms with Gasteiger partial charge in [0.25, 0.3) is 5.91 Å². The fourth-order valence-corrected chi connectivity index (χ4v) is 3.58. The average Bonchev–Trinajstić information content (AvgIpc) is 2.69. The van der Waals surface area contributed by atoms with Gasteiger partial charge in [-0.25, -0.2) is 18.4 Å². The van der Waals surface area contributed by atoms with Crippen LogP contribution in [0.2, 0.25) is 0 Å². The van der Waals surface area contributed by atoms with Crippen molar-refractivity contribution >= 4 is 27.6 Å². The summed E-state index contributed by atoms with van der Waals surface area (Å²) >= 11 is 0. The first-order valence-corrected chi connectivity index (χ1v) is 10.6. The van der Waals surface area contributed by atoms with Crippen LogP contribution in [0.3, 0.4) is 0 Å². The number of nitrogens with one attached hydrogen (secondary N) is 2. The third-order valence-corrected chi connectivity index (χ3v) is 5.70. The third-order valence-electron chi connectivity index (χ3n) is 4.39. The number of nitrogens with zero attached hydrogens (tertiary/aromatic N) is 3. The second kappa shape index (κ2) is 8.34. The Balaban J connectivity index is 1.60. The predicted molar refractivity (Wildman–Crippen MR) is 104 cm³/mol. The predicted octanol–water partition coefficient (Wildman–Crippen LogP) is 1.64. The van der Waals surface area contributed by atoms with E-state index in [0.29, 0.717) is 23.7 Å². The SMILES string of the molecule is CCS(=O)(=O)Nc1ccc(C(=O)NC2CCCN(c3ncccn3)C2)cc1. The molecule has 0 spiro atoms. The molecule has 27 heavy (non-hydrogen) atoms. The number of carbonyl (C=O) groups is 1. The molecule has 2 heterocycles. The highest BCUT2D eigenvalue weighted by Gasteiger charge is 2.23. The quantitative estimate of drug-likeness (QED) is 0.778. The molecule has 1 amide bonds. The molecule has 0 bridgehead atoms. The first kappa shape index (κ1) is 19.1. The summed E-state index contributed by atoms with van der Waals surface area (Å²) in [5.41, 5.74) is 0.931. The second-order valence-corrected chi connectivity index (χ2v) is 8.40. The van der Waals surface area contributed by atoms with Gasteiger partial charge in [-0.3, -0.25) is 9.52 Å².